The van der Waals surface area contributed by atoms with Gasteiger partial charge in [0.25, 0.3) is 0 Å². The number of rotatable bonds is 11. The molecule has 0 aromatic rings. The lowest BCUT2D eigenvalue weighted by Crippen LogP contribution is -2.51. The van der Waals surface area contributed by atoms with Crippen LogP contribution in [-0.4, -0.2) is 54.9 Å². The highest BCUT2D eigenvalue weighted by Crippen LogP contribution is 2.26. The molecule has 3 amide bonds. The first-order valence-electron chi connectivity index (χ1n) is 11.5. The highest BCUT2D eigenvalue weighted by atomic mass is 16.5. The Kier molecular flexibility index (Phi) is 10.4. The van der Waals surface area contributed by atoms with Gasteiger partial charge in [0.05, 0.1) is 19.3 Å². The maximum atomic E-state index is 12.8. The molecule has 2 rings (SSSR count). The van der Waals surface area contributed by atoms with Crippen molar-refractivity contribution in [3.63, 3.8) is 0 Å². The van der Waals surface area contributed by atoms with Crippen LogP contribution in [0.4, 0.5) is 4.79 Å². The van der Waals surface area contributed by atoms with Crippen molar-refractivity contribution in [3.8, 4) is 0 Å². The Bertz CT molecular complexity index is 563. The van der Waals surface area contributed by atoms with Crippen LogP contribution in [0.1, 0.15) is 71.6 Å². The van der Waals surface area contributed by atoms with Crippen LogP contribution in [0, 0.1) is 17.8 Å². The van der Waals surface area contributed by atoms with Gasteiger partial charge in [-0.15, -0.1) is 0 Å². The Balaban J connectivity index is 1.80. The molecule has 2 fully saturated rings. The molecular formula is C22H39N3O5. The molecule has 0 aromatic heterocycles. The second-order valence-corrected chi connectivity index (χ2v) is 9.16. The van der Waals surface area contributed by atoms with Gasteiger partial charge in [-0.05, 0) is 37.5 Å². The van der Waals surface area contributed by atoms with Crippen LogP contribution in [-0.2, 0) is 14.3 Å². The number of alkyl carbamates (subject to hydrolysis) is 1. The van der Waals surface area contributed by atoms with Crippen molar-refractivity contribution in [1.29, 1.82) is 0 Å². The number of carbonyl (C=O) groups excluding carboxylic acids is 3. The smallest absolute Gasteiger partial charge is 0.407 e. The van der Waals surface area contributed by atoms with E-state index >= 15 is 0 Å². The van der Waals surface area contributed by atoms with Crippen LogP contribution >= 0.6 is 0 Å². The topological polar surface area (TPSA) is 117 Å². The molecule has 8 heteroatoms. The summed E-state index contributed by atoms with van der Waals surface area (Å²) < 4.78 is 5.33. The van der Waals surface area contributed by atoms with E-state index in [1.54, 1.807) is 0 Å². The van der Waals surface area contributed by atoms with E-state index in [1.165, 1.54) is 32.1 Å². The monoisotopic (exact) mass is 425 g/mol. The Labute approximate surface area is 179 Å². The van der Waals surface area contributed by atoms with Crippen molar-refractivity contribution in [2.75, 3.05) is 19.8 Å². The van der Waals surface area contributed by atoms with Gasteiger partial charge in [0.1, 0.15) is 6.04 Å². The molecule has 1 saturated heterocycles. The van der Waals surface area contributed by atoms with Gasteiger partial charge in [0.15, 0.2) is 0 Å². The lowest BCUT2D eigenvalue weighted by Gasteiger charge is -2.25. The number of nitrogens with one attached hydrogen (secondary N) is 3. The summed E-state index contributed by atoms with van der Waals surface area (Å²) in [6.07, 6.45) is 8.03. The molecule has 2 aliphatic rings. The lowest BCUT2D eigenvalue weighted by molar-refractivity contribution is -0.126. The summed E-state index contributed by atoms with van der Waals surface area (Å²) in [5.41, 5.74) is 0. The Morgan fingerprint density at radius 1 is 1.17 bits per heavy atom. The number of hydrogen-bond donors (Lipinski definition) is 4. The first kappa shape index (κ1) is 24.4. The molecule has 0 bridgehead atoms. The Hall–Kier alpha value is -1.83. The fourth-order valence-electron chi connectivity index (χ4n) is 4.38. The number of hydrogen-bond acceptors (Lipinski definition) is 5. The molecule has 1 heterocycles. The normalized spacial score (nSPS) is 21.7. The third-order valence-corrected chi connectivity index (χ3v) is 6.10. The van der Waals surface area contributed by atoms with E-state index in [0.29, 0.717) is 38.3 Å². The summed E-state index contributed by atoms with van der Waals surface area (Å²) in [4.78, 5) is 36.8. The van der Waals surface area contributed by atoms with Crippen LogP contribution < -0.4 is 16.0 Å². The molecule has 4 N–H and O–H groups in total. The van der Waals surface area contributed by atoms with Crippen LogP contribution in [0.15, 0.2) is 0 Å². The summed E-state index contributed by atoms with van der Waals surface area (Å²) in [6, 6.07) is -1.26. The highest BCUT2D eigenvalue weighted by molar-refractivity contribution is 5.86. The van der Waals surface area contributed by atoms with Crippen LogP contribution in [0.5, 0.6) is 0 Å². The maximum Gasteiger partial charge on any atom is 0.407 e. The highest BCUT2D eigenvalue weighted by Gasteiger charge is 2.30. The molecule has 0 radical (unpaired) electrons. The Morgan fingerprint density at radius 2 is 1.90 bits per heavy atom. The minimum Gasteiger partial charge on any atom is -0.450 e. The molecule has 0 spiro atoms. The number of aliphatic hydroxyl groups excluding tert-OH is 1. The molecule has 0 aromatic carbocycles. The fourth-order valence-corrected chi connectivity index (χ4v) is 4.38. The average molecular weight is 426 g/mol. The lowest BCUT2D eigenvalue weighted by atomic mass is 9.87. The second-order valence-electron chi connectivity index (χ2n) is 9.16. The third-order valence-electron chi connectivity index (χ3n) is 6.10. The van der Waals surface area contributed by atoms with Crippen LogP contribution in [0.25, 0.3) is 0 Å². The van der Waals surface area contributed by atoms with E-state index in [0.717, 1.165) is 6.42 Å². The van der Waals surface area contributed by atoms with Gasteiger partial charge in [0.2, 0.25) is 11.8 Å². The summed E-state index contributed by atoms with van der Waals surface area (Å²) in [5, 5.41) is 17.9. The van der Waals surface area contributed by atoms with Gasteiger partial charge < -0.3 is 25.8 Å². The van der Waals surface area contributed by atoms with Crippen LogP contribution in [0.3, 0.4) is 0 Å². The van der Waals surface area contributed by atoms with Gasteiger partial charge in [-0.2, -0.15) is 0 Å². The standard InChI is InChI=1S/C22H39N3O5/c1-15(2)12-19(25-22(29)30-11-9-16-6-4-3-5-7-16)21(28)24-18(14-26)13-17-8-10-23-20(17)27/h15-19,26H,3-14H2,1-2H3,(H,23,27)(H,24,28)(H,25,29)/t17?,18-,19-/m0/s1. The predicted octanol–water partition coefficient (Wildman–Crippen LogP) is 2.10. The maximum absolute atomic E-state index is 12.8. The van der Waals surface area contributed by atoms with Gasteiger partial charge in [-0.1, -0.05) is 46.0 Å². The first-order valence-corrected chi connectivity index (χ1v) is 11.5. The van der Waals surface area contributed by atoms with E-state index in [9.17, 15) is 19.5 Å². The van der Waals surface area contributed by atoms with E-state index < -0.39 is 18.2 Å². The number of amides is 3. The SMILES string of the molecule is CC(C)C[C@H](NC(=O)OCCC1CCCCC1)C(=O)N[C@H](CO)CC1CCNC1=O. The van der Waals surface area contributed by atoms with Gasteiger partial charge in [-0.3, -0.25) is 9.59 Å². The summed E-state index contributed by atoms with van der Waals surface area (Å²) in [6.45, 7) is 4.68. The van der Waals surface area contributed by atoms with Crippen molar-refractivity contribution in [3.05, 3.63) is 0 Å². The predicted molar refractivity (Wildman–Crippen MR) is 114 cm³/mol. The molecule has 3 atom stereocenters. The van der Waals surface area contributed by atoms with Crippen molar-refractivity contribution in [1.82, 2.24) is 16.0 Å². The zero-order chi connectivity index (χ0) is 21.9. The average Bonchev–Trinajstić information content (AvgIpc) is 3.11. The zero-order valence-corrected chi connectivity index (χ0v) is 18.5. The van der Waals surface area contributed by atoms with Gasteiger partial charge in [0, 0.05) is 12.5 Å². The third kappa shape index (κ3) is 8.50. The second kappa shape index (κ2) is 12.8. The van der Waals surface area contributed by atoms with Gasteiger partial charge in [-0.25, -0.2) is 4.79 Å². The molecule has 1 unspecified atom stereocenters. The van der Waals surface area contributed by atoms with E-state index in [1.807, 2.05) is 13.8 Å². The molecule has 30 heavy (non-hydrogen) atoms. The summed E-state index contributed by atoms with van der Waals surface area (Å²) >= 11 is 0. The summed E-state index contributed by atoms with van der Waals surface area (Å²) in [5.74, 6) is 0.214. The van der Waals surface area contributed by atoms with Gasteiger partial charge >= 0.3 is 6.09 Å². The number of carbonyl (C=O) groups is 3. The fraction of sp³-hybridized carbons (Fsp3) is 0.864. The van der Waals surface area contributed by atoms with Crippen molar-refractivity contribution in [2.24, 2.45) is 17.8 Å². The van der Waals surface area contributed by atoms with E-state index in [-0.39, 0.29) is 30.3 Å². The minimum atomic E-state index is -0.737. The largest absolute Gasteiger partial charge is 0.450 e. The van der Waals surface area contributed by atoms with Crippen LogP contribution in [0.2, 0.25) is 0 Å². The van der Waals surface area contributed by atoms with E-state index in [4.69, 9.17) is 4.74 Å². The molecule has 1 aliphatic heterocycles. The zero-order valence-electron chi connectivity index (χ0n) is 18.5. The first-order chi connectivity index (χ1) is 14.4. The molecule has 172 valence electrons. The van der Waals surface area contributed by atoms with Crippen molar-refractivity contribution >= 4 is 17.9 Å². The summed E-state index contributed by atoms with van der Waals surface area (Å²) in [7, 11) is 0. The Morgan fingerprint density at radius 3 is 2.50 bits per heavy atom. The number of aliphatic hydroxyl groups is 1. The minimum absolute atomic E-state index is 0.0406. The molecule has 1 aliphatic carbocycles. The quantitative estimate of drug-likeness (QED) is 0.404. The van der Waals surface area contributed by atoms with E-state index in [2.05, 4.69) is 16.0 Å². The molecule has 1 saturated carbocycles. The van der Waals surface area contributed by atoms with Crippen molar-refractivity contribution < 1.29 is 24.2 Å². The number of ether oxygens (including phenoxy) is 1. The molecular weight excluding hydrogens is 386 g/mol. The van der Waals surface area contributed by atoms with Crippen molar-refractivity contribution in [2.45, 2.75) is 83.7 Å². The molecule has 8 nitrogen and oxygen atoms in total.